The molecule has 0 fully saturated rings. The van der Waals surface area contributed by atoms with Gasteiger partial charge in [0.05, 0.1) is 21.6 Å². The van der Waals surface area contributed by atoms with E-state index in [1.165, 1.54) is 0 Å². The van der Waals surface area contributed by atoms with Crippen LogP contribution in [0.5, 0.6) is 0 Å². The summed E-state index contributed by atoms with van der Waals surface area (Å²) in [6.45, 7) is 1.96. The number of rotatable bonds is 5. The summed E-state index contributed by atoms with van der Waals surface area (Å²) >= 11 is 16.7. The van der Waals surface area contributed by atoms with Crippen LogP contribution in [0.4, 0.5) is 5.69 Å². The highest BCUT2D eigenvalue weighted by Crippen LogP contribution is 2.26. The van der Waals surface area contributed by atoms with Crippen molar-refractivity contribution in [2.75, 3.05) is 5.32 Å². The SMILES string of the molecule is CCCC(C(=O)Nc1cc(Cl)ccc1Cl)C(N)=S. The van der Waals surface area contributed by atoms with E-state index in [9.17, 15) is 4.79 Å². The lowest BCUT2D eigenvalue weighted by Gasteiger charge is -2.15. The minimum atomic E-state index is -0.486. The number of nitrogens with two attached hydrogens (primary N) is 1. The Hall–Kier alpha value is -0.840. The molecule has 6 heteroatoms. The predicted octanol–water partition coefficient (Wildman–Crippen LogP) is 3.63. The molecule has 1 rings (SSSR count). The van der Waals surface area contributed by atoms with E-state index in [0.717, 1.165) is 6.42 Å². The quantitative estimate of drug-likeness (QED) is 0.817. The lowest BCUT2D eigenvalue weighted by atomic mass is 10.0. The average Bonchev–Trinajstić information content (AvgIpc) is 2.30. The lowest BCUT2D eigenvalue weighted by molar-refractivity contribution is -0.118. The van der Waals surface area contributed by atoms with Crippen LogP contribution >= 0.6 is 35.4 Å². The third kappa shape index (κ3) is 4.12. The van der Waals surface area contributed by atoms with Crippen molar-refractivity contribution in [2.45, 2.75) is 19.8 Å². The van der Waals surface area contributed by atoms with Gasteiger partial charge in [0.25, 0.3) is 0 Å². The topological polar surface area (TPSA) is 55.1 Å². The van der Waals surface area contributed by atoms with Gasteiger partial charge < -0.3 is 11.1 Å². The molecular weight excluding hydrogens is 291 g/mol. The van der Waals surface area contributed by atoms with Crippen LogP contribution in [-0.2, 0) is 4.79 Å². The second-order valence-corrected chi connectivity index (χ2v) is 5.17. The molecule has 18 heavy (non-hydrogen) atoms. The van der Waals surface area contributed by atoms with Crippen LogP contribution < -0.4 is 11.1 Å². The van der Waals surface area contributed by atoms with Crippen LogP contribution in [-0.4, -0.2) is 10.9 Å². The zero-order valence-corrected chi connectivity index (χ0v) is 12.2. The van der Waals surface area contributed by atoms with E-state index in [1.54, 1.807) is 18.2 Å². The largest absolute Gasteiger partial charge is 0.393 e. The van der Waals surface area contributed by atoms with Crippen molar-refractivity contribution in [1.82, 2.24) is 0 Å². The maximum Gasteiger partial charge on any atom is 0.234 e. The van der Waals surface area contributed by atoms with Gasteiger partial charge in [-0.2, -0.15) is 0 Å². The van der Waals surface area contributed by atoms with E-state index >= 15 is 0 Å². The van der Waals surface area contributed by atoms with E-state index in [0.29, 0.717) is 22.2 Å². The molecule has 0 aliphatic rings. The van der Waals surface area contributed by atoms with E-state index in [4.69, 9.17) is 41.2 Å². The van der Waals surface area contributed by atoms with Gasteiger partial charge in [-0.3, -0.25) is 4.79 Å². The second-order valence-electron chi connectivity index (χ2n) is 3.86. The first-order chi connectivity index (χ1) is 8.45. The first-order valence-corrected chi connectivity index (χ1v) is 6.67. The van der Waals surface area contributed by atoms with Crippen molar-refractivity contribution in [3.63, 3.8) is 0 Å². The third-order valence-corrected chi connectivity index (χ3v) is 3.27. The number of halogens is 2. The lowest BCUT2D eigenvalue weighted by Crippen LogP contribution is -2.33. The van der Waals surface area contributed by atoms with Crippen LogP contribution in [0.3, 0.4) is 0 Å². The molecule has 98 valence electrons. The van der Waals surface area contributed by atoms with Crippen LogP contribution in [0.15, 0.2) is 18.2 Å². The molecule has 3 nitrogen and oxygen atoms in total. The Labute approximate surface area is 122 Å². The minimum Gasteiger partial charge on any atom is -0.393 e. The van der Waals surface area contributed by atoms with Gasteiger partial charge in [-0.1, -0.05) is 48.8 Å². The van der Waals surface area contributed by atoms with Crippen LogP contribution in [0.1, 0.15) is 19.8 Å². The maximum absolute atomic E-state index is 12.0. The average molecular weight is 305 g/mol. The molecule has 0 aliphatic heterocycles. The summed E-state index contributed by atoms with van der Waals surface area (Å²) in [5, 5.41) is 3.61. The molecule has 1 atom stereocenters. The molecule has 0 spiro atoms. The van der Waals surface area contributed by atoms with Crippen LogP contribution in [0.2, 0.25) is 10.0 Å². The fraction of sp³-hybridized carbons (Fsp3) is 0.333. The molecule has 0 aromatic heterocycles. The second kappa shape index (κ2) is 6.92. The Morgan fingerprint density at radius 3 is 2.72 bits per heavy atom. The molecule has 1 aromatic rings. The van der Waals surface area contributed by atoms with Gasteiger partial charge in [0.1, 0.15) is 0 Å². The van der Waals surface area contributed by atoms with Gasteiger partial charge in [-0.15, -0.1) is 0 Å². The standard InChI is InChI=1S/C12H14Cl2N2OS/c1-2-3-8(11(15)18)12(17)16-10-6-7(13)4-5-9(10)14/h4-6,8H,2-3H2,1H3,(H2,15,18)(H,16,17). The molecule has 0 heterocycles. The summed E-state index contributed by atoms with van der Waals surface area (Å²) in [4.78, 5) is 12.2. The molecule has 0 bridgehead atoms. The Balaban J connectivity index is 2.85. The van der Waals surface area contributed by atoms with Crippen molar-refractivity contribution in [1.29, 1.82) is 0 Å². The Morgan fingerprint density at radius 2 is 2.17 bits per heavy atom. The van der Waals surface area contributed by atoms with Crippen molar-refractivity contribution in [2.24, 2.45) is 11.7 Å². The molecule has 0 radical (unpaired) electrons. The summed E-state index contributed by atoms with van der Waals surface area (Å²) in [6, 6.07) is 4.86. The molecule has 0 saturated heterocycles. The van der Waals surface area contributed by atoms with E-state index in [1.807, 2.05) is 6.92 Å². The summed E-state index contributed by atoms with van der Waals surface area (Å²) in [5.41, 5.74) is 6.02. The number of hydrogen-bond acceptors (Lipinski definition) is 2. The van der Waals surface area contributed by atoms with E-state index in [-0.39, 0.29) is 10.9 Å². The van der Waals surface area contributed by atoms with Gasteiger partial charge in [0.15, 0.2) is 0 Å². The van der Waals surface area contributed by atoms with Crippen molar-refractivity contribution in [3.8, 4) is 0 Å². The van der Waals surface area contributed by atoms with E-state index in [2.05, 4.69) is 5.32 Å². The molecular formula is C12H14Cl2N2OS. The summed E-state index contributed by atoms with van der Waals surface area (Å²) in [5.74, 6) is -0.742. The molecule has 0 saturated carbocycles. The predicted molar refractivity (Wildman–Crippen MR) is 80.3 cm³/mol. The highest BCUT2D eigenvalue weighted by Gasteiger charge is 2.21. The number of nitrogens with one attached hydrogen (secondary N) is 1. The number of carbonyl (C=O) groups excluding carboxylic acids is 1. The van der Waals surface area contributed by atoms with Crippen LogP contribution in [0.25, 0.3) is 0 Å². The number of hydrogen-bond donors (Lipinski definition) is 2. The van der Waals surface area contributed by atoms with Gasteiger partial charge in [-0.05, 0) is 24.6 Å². The summed E-state index contributed by atoms with van der Waals surface area (Å²) in [6.07, 6.45) is 1.43. The zero-order chi connectivity index (χ0) is 13.7. The highest BCUT2D eigenvalue weighted by atomic mass is 35.5. The number of amides is 1. The van der Waals surface area contributed by atoms with Gasteiger partial charge in [0.2, 0.25) is 5.91 Å². The maximum atomic E-state index is 12.0. The first-order valence-electron chi connectivity index (χ1n) is 5.51. The van der Waals surface area contributed by atoms with Crippen molar-refractivity contribution >= 4 is 52.0 Å². The first kappa shape index (κ1) is 15.2. The monoisotopic (exact) mass is 304 g/mol. The number of carbonyl (C=O) groups is 1. The molecule has 1 aromatic carbocycles. The fourth-order valence-corrected chi connectivity index (χ4v) is 2.07. The smallest absolute Gasteiger partial charge is 0.234 e. The molecule has 1 unspecified atom stereocenters. The van der Waals surface area contributed by atoms with Gasteiger partial charge >= 0.3 is 0 Å². The summed E-state index contributed by atoms with van der Waals surface area (Å²) in [7, 11) is 0. The Morgan fingerprint density at radius 1 is 1.50 bits per heavy atom. The Bertz CT molecular complexity index is 465. The molecule has 0 aliphatic carbocycles. The highest BCUT2D eigenvalue weighted by molar-refractivity contribution is 7.80. The third-order valence-electron chi connectivity index (χ3n) is 2.42. The molecule has 3 N–H and O–H groups in total. The number of thiocarbonyl (C=S) groups is 1. The van der Waals surface area contributed by atoms with E-state index < -0.39 is 5.92 Å². The number of anilines is 1. The summed E-state index contributed by atoms with van der Waals surface area (Å²) < 4.78 is 0. The van der Waals surface area contributed by atoms with Crippen molar-refractivity contribution < 1.29 is 4.79 Å². The molecule has 1 amide bonds. The zero-order valence-electron chi connectivity index (χ0n) is 9.87. The van der Waals surface area contributed by atoms with Gasteiger partial charge in [0, 0.05) is 5.02 Å². The normalized spacial score (nSPS) is 11.9. The van der Waals surface area contributed by atoms with Gasteiger partial charge in [-0.25, -0.2) is 0 Å². The fourth-order valence-electron chi connectivity index (χ4n) is 1.50. The minimum absolute atomic E-state index is 0.188. The Kier molecular flexibility index (Phi) is 5.85. The van der Waals surface area contributed by atoms with Crippen molar-refractivity contribution in [3.05, 3.63) is 28.2 Å². The van der Waals surface area contributed by atoms with Crippen LogP contribution in [0, 0.1) is 5.92 Å². The number of benzene rings is 1.